The van der Waals surface area contributed by atoms with E-state index in [9.17, 15) is 14.7 Å². The molecule has 0 aromatic carbocycles. The van der Waals surface area contributed by atoms with E-state index in [1.165, 1.54) is 4.90 Å². The summed E-state index contributed by atoms with van der Waals surface area (Å²) in [7, 11) is 0. The highest BCUT2D eigenvalue weighted by molar-refractivity contribution is 5.78. The Morgan fingerprint density at radius 2 is 2.14 bits per heavy atom. The summed E-state index contributed by atoms with van der Waals surface area (Å²) in [6, 6.07) is -0.176. The molecule has 2 aliphatic rings. The van der Waals surface area contributed by atoms with Crippen LogP contribution in [0.5, 0.6) is 0 Å². The molecule has 0 spiro atoms. The number of amides is 2. The predicted octanol–water partition coefficient (Wildman–Crippen LogP) is 1.33. The van der Waals surface area contributed by atoms with Gasteiger partial charge in [-0.3, -0.25) is 9.69 Å². The maximum absolute atomic E-state index is 12.1. The van der Waals surface area contributed by atoms with Gasteiger partial charge in [0.05, 0.1) is 12.6 Å². The van der Waals surface area contributed by atoms with Crippen molar-refractivity contribution >= 4 is 12.0 Å². The monoisotopic (exact) mass is 308 g/mol. The van der Waals surface area contributed by atoms with Crippen molar-refractivity contribution < 1.29 is 19.4 Å². The van der Waals surface area contributed by atoms with Gasteiger partial charge in [-0.1, -0.05) is 11.8 Å². The van der Waals surface area contributed by atoms with Gasteiger partial charge in [-0.25, -0.2) is 4.79 Å². The van der Waals surface area contributed by atoms with Crippen LogP contribution in [0.25, 0.3) is 0 Å². The number of aliphatic hydroxyl groups is 1. The molecule has 2 aliphatic heterocycles. The third kappa shape index (κ3) is 4.14. The van der Waals surface area contributed by atoms with Crippen molar-refractivity contribution in [3.05, 3.63) is 0 Å². The summed E-state index contributed by atoms with van der Waals surface area (Å²) in [5.41, 5.74) is -0.524. The van der Waals surface area contributed by atoms with Gasteiger partial charge in [0.2, 0.25) is 5.91 Å². The van der Waals surface area contributed by atoms with Crippen molar-refractivity contribution in [2.45, 2.75) is 64.3 Å². The van der Waals surface area contributed by atoms with Gasteiger partial charge in [0, 0.05) is 19.4 Å². The summed E-state index contributed by atoms with van der Waals surface area (Å²) < 4.78 is 5.38. The van der Waals surface area contributed by atoms with E-state index in [4.69, 9.17) is 4.74 Å². The second-order valence-corrected chi connectivity index (χ2v) is 6.69. The maximum Gasteiger partial charge on any atom is 0.411 e. The summed E-state index contributed by atoms with van der Waals surface area (Å²) >= 11 is 0. The fourth-order valence-electron chi connectivity index (χ4n) is 2.62. The largest absolute Gasteiger partial charge is 0.444 e. The van der Waals surface area contributed by atoms with E-state index in [1.54, 1.807) is 4.90 Å². The molecule has 1 unspecified atom stereocenters. The van der Waals surface area contributed by atoms with Gasteiger partial charge < -0.3 is 14.7 Å². The zero-order valence-electron chi connectivity index (χ0n) is 13.5. The van der Waals surface area contributed by atoms with Gasteiger partial charge in [-0.15, -0.1) is 0 Å². The summed E-state index contributed by atoms with van der Waals surface area (Å²) in [5, 5.41) is 9.67. The molecule has 122 valence electrons. The van der Waals surface area contributed by atoms with E-state index in [-0.39, 0.29) is 24.6 Å². The number of hydrogen-bond donors (Lipinski definition) is 1. The van der Waals surface area contributed by atoms with E-state index in [0.29, 0.717) is 19.4 Å². The molecule has 0 aromatic heterocycles. The van der Waals surface area contributed by atoms with Gasteiger partial charge in [-0.2, -0.15) is 0 Å². The van der Waals surface area contributed by atoms with Crippen molar-refractivity contribution in [3.63, 3.8) is 0 Å². The summed E-state index contributed by atoms with van der Waals surface area (Å²) in [6.07, 6.45) is 1.46. The molecule has 2 saturated heterocycles. The fourth-order valence-corrected chi connectivity index (χ4v) is 2.62. The van der Waals surface area contributed by atoms with Crippen LogP contribution in [-0.2, 0) is 9.53 Å². The Labute approximate surface area is 131 Å². The number of aliphatic hydroxyl groups excluding tert-OH is 1. The molecule has 22 heavy (non-hydrogen) atoms. The lowest BCUT2D eigenvalue weighted by Crippen LogP contribution is -2.39. The van der Waals surface area contributed by atoms with Crippen molar-refractivity contribution in [2.75, 3.05) is 13.1 Å². The Morgan fingerprint density at radius 1 is 1.41 bits per heavy atom. The molecule has 6 nitrogen and oxygen atoms in total. The number of carbonyl (C=O) groups is 2. The van der Waals surface area contributed by atoms with Crippen LogP contribution < -0.4 is 0 Å². The molecule has 0 saturated carbocycles. The van der Waals surface area contributed by atoms with Crippen LogP contribution in [0.15, 0.2) is 0 Å². The molecule has 2 fully saturated rings. The zero-order valence-corrected chi connectivity index (χ0v) is 13.5. The van der Waals surface area contributed by atoms with Crippen LogP contribution in [-0.4, -0.2) is 57.9 Å². The topological polar surface area (TPSA) is 70.1 Å². The Morgan fingerprint density at radius 3 is 2.73 bits per heavy atom. The molecular weight excluding hydrogens is 284 g/mol. The first-order valence-electron chi connectivity index (χ1n) is 7.73. The second-order valence-electron chi connectivity index (χ2n) is 6.69. The molecule has 0 aromatic rings. The van der Waals surface area contributed by atoms with Crippen molar-refractivity contribution in [1.82, 2.24) is 9.80 Å². The second kappa shape index (κ2) is 6.57. The number of nitrogens with zero attached hydrogens (tertiary/aromatic N) is 2. The number of rotatable bonds is 1. The van der Waals surface area contributed by atoms with E-state index in [0.717, 1.165) is 12.8 Å². The highest BCUT2D eigenvalue weighted by Crippen LogP contribution is 2.20. The van der Waals surface area contributed by atoms with E-state index < -0.39 is 11.8 Å². The van der Waals surface area contributed by atoms with Crippen LogP contribution in [0.3, 0.4) is 0 Å². The fraction of sp³-hybridized carbons (Fsp3) is 0.750. The lowest BCUT2D eigenvalue weighted by Gasteiger charge is -2.26. The highest BCUT2D eigenvalue weighted by atomic mass is 16.6. The number of ether oxygens (including phenoxy) is 1. The Kier molecular flexibility index (Phi) is 4.97. The van der Waals surface area contributed by atoms with Gasteiger partial charge in [-0.05, 0) is 33.6 Å². The minimum Gasteiger partial charge on any atom is -0.444 e. The average molecular weight is 308 g/mol. The first-order chi connectivity index (χ1) is 10.3. The molecule has 1 N–H and O–H groups in total. The van der Waals surface area contributed by atoms with Gasteiger partial charge in [0.1, 0.15) is 11.8 Å². The Bertz CT molecular complexity index is 501. The van der Waals surface area contributed by atoms with Crippen molar-refractivity contribution in [1.29, 1.82) is 0 Å². The average Bonchev–Trinajstić information content (AvgIpc) is 2.98. The van der Waals surface area contributed by atoms with E-state index >= 15 is 0 Å². The van der Waals surface area contributed by atoms with Crippen LogP contribution in [0.4, 0.5) is 4.79 Å². The molecule has 2 heterocycles. The first kappa shape index (κ1) is 16.6. The zero-order chi connectivity index (χ0) is 16.3. The molecule has 0 aliphatic carbocycles. The highest BCUT2D eigenvalue weighted by Gasteiger charge is 2.31. The molecule has 0 radical (unpaired) electrons. The number of carbonyl (C=O) groups excluding carboxylic acids is 2. The standard InChI is InChI=1S/C16H24N2O4/c1-16(2,3)22-15(21)17-10-4-6-12(17)7-5-11-18-13(19)8-9-14(18)20/h12-13,19H,4,6,8-11H2,1-3H3/t12-,13?/m1/s1. The molecule has 2 amide bonds. The minimum atomic E-state index is -0.729. The molecule has 6 heteroatoms. The molecule has 0 bridgehead atoms. The maximum atomic E-state index is 12.1. The smallest absolute Gasteiger partial charge is 0.411 e. The third-order valence-electron chi connectivity index (χ3n) is 3.70. The van der Waals surface area contributed by atoms with Crippen LogP contribution in [0.1, 0.15) is 46.5 Å². The minimum absolute atomic E-state index is 0.0720. The van der Waals surface area contributed by atoms with Gasteiger partial charge in [0.15, 0.2) is 0 Å². The van der Waals surface area contributed by atoms with Crippen LogP contribution in [0.2, 0.25) is 0 Å². The van der Waals surface area contributed by atoms with Gasteiger partial charge in [0.25, 0.3) is 0 Å². The summed E-state index contributed by atoms with van der Waals surface area (Å²) in [6.45, 7) is 6.35. The normalized spacial score (nSPS) is 25.2. The Balaban J connectivity index is 1.93. The quantitative estimate of drug-likeness (QED) is 0.742. The van der Waals surface area contributed by atoms with Gasteiger partial charge >= 0.3 is 6.09 Å². The Hall–Kier alpha value is -1.74. The molecular formula is C16H24N2O4. The predicted molar refractivity (Wildman–Crippen MR) is 80.7 cm³/mol. The number of hydrogen-bond acceptors (Lipinski definition) is 4. The van der Waals surface area contributed by atoms with Crippen molar-refractivity contribution in [2.24, 2.45) is 0 Å². The van der Waals surface area contributed by atoms with Crippen LogP contribution in [0, 0.1) is 11.8 Å². The van der Waals surface area contributed by atoms with E-state index in [1.807, 2.05) is 20.8 Å². The third-order valence-corrected chi connectivity index (χ3v) is 3.70. The molecule has 2 atom stereocenters. The van der Waals surface area contributed by atoms with E-state index in [2.05, 4.69) is 11.8 Å². The number of likely N-dealkylation sites (tertiary alicyclic amines) is 2. The lowest BCUT2D eigenvalue weighted by molar-refractivity contribution is -0.132. The van der Waals surface area contributed by atoms with Crippen LogP contribution >= 0.6 is 0 Å². The lowest BCUT2D eigenvalue weighted by atomic mass is 10.2. The van der Waals surface area contributed by atoms with Crippen molar-refractivity contribution in [3.8, 4) is 11.8 Å². The SMILES string of the molecule is CC(C)(C)OC(=O)N1CCC[C@@H]1C#CCN1C(=O)CCC1O. The molecule has 2 rings (SSSR count). The first-order valence-corrected chi connectivity index (χ1v) is 7.73. The summed E-state index contributed by atoms with van der Waals surface area (Å²) in [4.78, 5) is 26.7. The summed E-state index contributed by atoms with van der Waals surface area (Å²) in [5.74, 6) is 5.89.